The third-order valence-electron chi connectivity index (χ3n) is 1.95. The lowest BCUT2D eigenvalue weighted by molar-refractivity contribution is -0.154. The number of carbonyl (C=O) groups excluding carboxylic acids is 3. The third-order valence-corrected chi connectivity index (χ3v) is 1.95. The first-order valence-electron chi connectivity index (χ1n) is 5.60. The van der Waals surface area contributed by atoms with Gasteiger partial charge in [-0.3, -0.25) is 0 Å². The Morgan fingerprint density at radius 1 is 1.17 bits per heavy atom. The lowest BCUT2D eigenvalue weighted by Gasteiger charge is -2.04. The van der Waals surface area contributed by atoms with Crippen molar-refractivity contribution < 1.29 is 28.6 Å². The quantitative estimate of drug-likeness (QED) is 0.293. The van der Waals surface area contributed by atoms with Gasteiger partial charge in [-0.05, 0) is 13.3 Å². The molecule has 0 aliphatic carbocycles. The molecule has 0 saturated heterocycles. The number of rotatable bonds is 7. The van der Waals surface area contributed by atoms with E-state index < -0.39 is 24.5 Å². The molecule has 6 nitrogen and oxygen atoms in total. The second-order valence-electron chi connectivity index (χ2n) is 3.50. The van der Waals surface area contributed by atoms with Crippen LogP contribution in [0.4, 0.5) is 0 Å². The van der Waals surface area contributed by atoms with Crippen LogP contribution in [0.2, 0.25) is 0 Å². The largest absolute Gasteiger partial charge is 0.466 e. The van der Waals surface area contributed by atoms with E-state index in [2.05, 4.69) is 9.47 Å². The van der Waals surface area contributed by atoms with Crippen LogP contribution in [0.15, 0.2) is 11.6 Å². The Balaban J connectivity index is 4.10. The Morgan fingerprint density at radius 3 is 2.39 bits per heavy atom. The van der Waals surface area contributed by atoms with Gasteiger partial charge in [0.05, 0.1) is 13.7 Å². The summed E-state index contributed by atoms with van der Waals surface area (Å²) in [6.07, 6.45) is 2.67. The molecule has 0 rings (SSSR count). The van der Waals surface area contributed by atoms with E-state index in [1.54, 1.807) is 0 Å². The summed E-state index contributed by atoms with van der Waals surface area (Å²) in [7, 11) is 1.18. The van der Waals surface area contributed by atoms with Crippen molar-refractivity contribution in [1.29, 1.82) is 0 Å². The van der Waals surface area contributed by atoms with Gasteiger partial charge in [-0.25, -0.2) is 14.4 Å². The maximum Gasteiger partial charge on any atom is 0.344 e. The van der Waals surface area contributed by atoms with Crippen LogP contribution in [0.5, 0.6) is 0 Å². The van der Waals surface area contributed by atoms with Crippen molar-refractivity contribution in [2.45, 2.75) is 26.7 Å². The summed E-state index contributed by atoms with van der Waals surface area (Å²) in [5.41, 5.74) is 0.126. The lowest BCUT2D eigenvalue weighted by Crippen LogP contribution is -2.15. The second-order valence-corrected chi connectivity index (χ2v) is 3.50. The Labute approximate surface area is 106 Å². The van der Waals surface area contributed by atoms with E-state index in [4.69, 9.17) is 4.74 Å². The normalized spacial score (nSPS) is 10.7. The smallest absolute Gasteiger partial charge is 0.344 e. The number of unbranched alkanes of at least 4 members (excludes halogenated alkanes) is 1. The van der Waals surface area contributed by atoms with Gasteiger partial charge in [0, 0.05) is 11.6 Å². The summed E-state index contributed by atoms with van der Waals surface area (Å²) < 4.78 is 13.7. The van der Waals surface area contributed by atoms with Crippen molar-refractivity contribution >= 4 is 17.9 Å². The molecule has 0 spiro atoms. The highest BCUT2D eigenvalue weighted by atomic mass is 16.6. The van der Waals surface area contributed by atoms with Gasteiger partial charge in [-0.15, -0.1) is 0 Å². The Kier molecular flexibility index (Phi) is 8.26. The molecule has 0 aromatic carbocycles. The highest BCUT2D eigenvalue weighted by molar-refractivity contribution is 5.96. The van der Waals surface area contributed by atoms with Crippen molar-refractivity contribution in [2.24, 2.45) is 0 Å². The molecule has 0 aliphatic heterocycles. The van der Waals surface area contributed by atoms with E-state index in [-0.39, 0.29) is 5.57 Å². The van der Waals surface area contributed by atoms with E-state index in [1.165, 1.54) is 14.0 Å². The van der Waals surface area contributed by atoms with Gasteiger partial charge in [0.1, 0.15) is 0 Å². The second kappa shape index (κ2) is 9.21. The first-order chi connectivity index (χ1) is 8.51. The fourth-order valence-electron chi connectivity index (χ4n) is 0.889. The fraction of sp³-hybridized carbons (Fsp3) is 0.583. The van der Waals surface area contributed by atoms with Gasteiger partial charge in [0.2, 0.25) is 0 Å². The molecule has 0 aliphatic rings. The van der Waals surface area contributed by atoms with Crippen molar-refractivity contribution in [2.75, 3.05) is 20.3 Å². The molecule has 6 heteroatoms. The molecular formula is C12H18O6. The monoisotopic (exact) mass is 258 g/mol. The van der Waals surface area contributed by atoms with Crippen LogP contribution in [0, 0.1) is 0 Å². The third kappa shape index (κ3) is 7.43. The van der Waals surface area contributed by atoms with Gasteiger partial charge in [-0.1, -0.05) is 13.3 Å². The first-order valence-corrected chi connectivity index (χ1v) is 5.60. The van der Waals surface area contributed by atoms with E-state index in [0.717, 1.165) is 18.9 Å². The van der Waals surface area contributed by atoms with Gasteiger partial charge >= 0.3 is 17.9 Å². The zero-order chi connectivity index (χ0) is 14.0. The van der Waals surface area contributed by atoms with Crippen LogP contribution in [0.1, 0.15) is 26.7 Å². The predicted octanol–water partition coefficient (Wildman–Crippen LogP) is 0.992. The first kappa shape index (κ1) is 16.1. The van der Waals surface area contributed by atoms with Crippen molar-refractivity contribution in [3.8, 4) is 0 Å². The van der Waals surface area contributed by atoms with Gasteiger partial charge < -0.3 is 14.2 Å². The van der Waals surface area contributed by atoms with Crippen molar-refractivity contribution in [3.05, 3.63) is 11.6 Å². The number of ether oxygens (including phenoxy) is 3. The molecule has 18 heavy (non-hydrogen) atoms. The molecule has 0 aromatic heterocycles. The van der Waals surface area contributed by atoms with E-state index in [9.17, 15) is 14.4 Å². The number of esters is 3. The molecule has 0 N–H and O–H groups in total. The highest BCUT2D eigenvalue weighted by Gasteiger charge is 2.10. The summed E-state index contributed by atoms with van der Waals surface area (Å²) in [6, 6.07) is 0. The molecule has 102 valence electrons. The summed E-state index contributed by atoms with van der Waals surface area (Å²) in [4.78, 5) is 33.3. The number of hydrogen-bond acceptors (Lipinski definition) is 6. The van der Waals surface area contributed by atoms with Crippen LogP contribution < -0.4 is 0 Å². The van der Waals surface area contributed by atoms with Gasteiger partial charge in [0.25, 0.3) is 0 Å². The van der Waals surface area contributed by atoms with E-state index in [1.807, 2.05) is 6.92 Å². The van der Waals surface area contributed by atoms with Crippen LogP contribution >= 0.6 is 0 Å². The Bertz CT molecular complexity index is 331. The molecule has 0 heterocycles. The highest BCUT2D eigenvalue weighted by Crippen LogP contribution is 1.99. The summed E-state index contributed by atoms with van der Waals surface area (Å²) in [6.45, 7) is 3.25. The van der Waals surface area contributed by atoms with E-state index >= 15 is 0 Å². The molecule has 0 amide bonds. The van der Waals surface area contributed by atoms with Crippen molar-refractivity contribution in [3.63, 3.8) is 0 Å². The standard InChI is InChI=1S/C12H18O6/c1-4-5-6-17-12(15)9(2)7-10(13)18-8-11(14)16-3/h7H,4-6,8H2,1-3H3/b9-7-. The number of hydrogen-bond donors (Lipinski definition) is 0. The zero-order valence-electron chi connectivity index (χ0n) is 10.9. The summed E-state index contributed by atoms with van der Waals surface area (Å²) >= 11 is 0. The minimum atomic E-state index is -0.787. The minimum absolute atomic E-state index is 0.126. The van der Waals surface area contributed by atoms with Crippen molar-refractivity contribution in [1.82, 2.24) is 0 Å². The fourth-order valence-corrected chi connectivity index (χ4v) is 0.889. The average Bonchev–Trinajstić information content (AvgIpc) is 2.35. The van der Waals surface area contributed by atoms with Gasteiger partial charge in [-0.2, -0.15) is 0 Å². The number of methoxy groups -OCH3 is 1. The maximum atomic E-state index is 11.4. The molecule has 0 aromatic rings. The predicted molar refractivity (Wildman–Crippen MR) is 62.6 cm³/mol. The Morgan fingerprint density at radius 2 is 1.83 bits per heavy atom. The summed E-state index contributed by atoms with van der Waals surface area (Å²) in [5, 5.41) is 0. The molecule has 0 saturated carbocycles. The zero-order valence-corrected chi connectivity index (χ0v) is 10.9. The Hall–Kier alpha value is -1.85. The summed E-state index contributed by atoms with van der Waals surface area (Å²) in [5.74, 6) is -2.02. The average molecular weight is 258 g/mol. The van der Waals surface area contributed by atoms with Crippen LogP contribution in [-0.2, 0) is 28.6 Å². The molecular weight excluding hydrogens is 240 g/mol. The topological polar surface area (TPSA) is 78.9 Å². The molecule has 0 radical (unpaired) electrons. The molecule has 0 atom stereocenters. The SMILES string of the molecule is CCCCOC(=O)/C(C)=C\C(=O)OCC(=O)OC. The maximum absolute atomic E-state index is 11.4. The molecule has 0 unspecified atom stereocenters. The molecule has 0 fully saturated rings. The van der Waals surface area contributed by atoms with Crippen LogP contribution in [0.25, 0.3) is 0 Å². The lowest BCUT2D eigenvalue weighted by atomic mass is 10.3. The van der Waals surface area contributed by atoms with E-state index in [0.29, 0.717) is 6.61 Å². The minimum Gasteiger partial charge on any atom is -0.466 e. The van der Waals surface area contributed by atoms with Crippen LogP contribution in [0.3, 0.4) is 0 Å². The molecule has 0 bridgehead atoms. The van der Waals surface area contributed by atoms with Crippen LogP contribution in [-0.4, -0.2) is 38.2 Å². The van der Waals surface area contributed by atoms with Gasteiger partial charge in [0.15, 0.2) is 6.61 Å². The number of carbonyl (C=O) groups is 3.